The van der Waals surface area contributed by atoms with Gasteiger partial charge in [0.15, 0.2) is 5.16 Å². The van der Waals surface area contributed by atoms with Gasteiger partial charge in [-0.05, 0) is 25.3 Å². The van der Waals surface area contributed by atoms with E-state index in [1.807, 2.05) is 17.6 Å². The van der Waals surface area contributed by atoms with Gasteiger partial charge in [0.25, 0.3) is 0 Å². The lowest BCUT2D eigenvalue weighted by atomic mass is 10.1. The molecule has 0 radical (unpaired) electrons. The van der Waals surface area contributed by atoms with Crippen LogP contribution in [0.3, 0.4) is 0 Å². The van der Waals surface area contributed by atoms with Crippen molar-refractivity contribution < 1.29 is 4.74 Å². The first-order valence-electron chi connectivity index (χ1n) is 8.83. The van der Waals surface area contributed by atoms with Crippen LogP contribution in [0.5, 0.6) is 0 Å². The van der Waals surface area contributed by atoms with Gasteiger partial charge in [-0.2, -0.15) is 0 Å². The second-order valence-corrected chi connectivity index (χ2v) is 8.47. The lowest BCUT2D eigenvalue weighted by molar-refractivity contribution is 0.0398. The van der Waals surface area contributed by atoms with E-state index in [1.54, 1.807) is 11.8 Å². The molecule has 136 valence electrons. The number of hydrogen-bond donors (Lipinski definition) is 1. The Labute approximate surface area is 157 Å². The lowest BCUT2D eigenvalue weighted by Gasteiger charge is -2.26. The largest absolute Gasteiger partial charge is 0.379 e. The minimum absolute atomic E-state index is 0.847. The summed E-state index contributed by atoms with van der Waals surface area (Å²) in [4.78, 5) is 17.0. The third kappa shape index (κ3) is 3.78. The number of likely N-dealkylation sites (N-methyl/N-ethyl adjacent to an activating group) is 1. The molecule has 4 heterocycles. The highest BCUT2D eigenvalue weighted by molar-refractivity contribution is 7.98. The molecule has 2 aromatic rings. The number of fused-ring (bicyclic) bond motifs is 3. The molecule has 6 nitrogen and oxygen atoms in total. The molecule has 4 rings (SSSR count). The van der Waals surface area contributed by atoms with Gasteiger partial charge in [-0.1, -0.05) is 11.8 Å². The van der Waals surface area contributed by atoms with Gasteiger partial charge in [0.05, 0.1) is 18.6 Å². The summed E-state index contributed by atoms with van der Waals surface area (Å²) in [6, 6.07) is 0. The van der Waals surface area contributed by atoms with E-state index >= 15 is 0 Å². The van der Waals surface area contributed by atoms with Crippen molar-refractivity contribution in [2.24, 2.45) is 0 Å². The lowest BCUT2D eigenvalue weighted by Crippen LogP contribution is -2.39. The Balaban J connectivity index is 1.57. The number of thioether (sulfide) groups is 1. The number of rotatable bonds is 5. The molecule has 2 aliphatic heterocycles. The zero-order valence-corrected chi connectivity index (χ0v) is 16.5. The van der Waals surface area contributed by atoms with E-state index < -0.39 is 0 Å². The summed E-state index contributed by atoms with van der Waals surface area (Å²) in [6.45, 7) is 7.81. The summed E-state index contributed by atoms with van der Waals surface area (Å²) in [5.74, 6) is 1.02. The fourth-order valence-electron chi connectivity index (χ4n) is 3.48. The molecule has 0 bridgehead atoms. The molecule has 0 saturated carbocycles. The first-order chi connectivity index (χ1) is 12.2. The van der Waals surface area contributed by atoms with E-state index in [0.717, 1.165) is 74.7 Å². The Morgan fingerprint density at radius 2 is 2.08 bits per heavy atom. The first-order valence-corrected chi connectivity index (χ1v) is 10.9. The molecule has 0 amide bonds. The van der Waals surface area contributed by atoms with Crippen molar-refractivity contribution in [3.63, 3.8) is 0 Å². The first kappa shape index (κ1) is 17.5. The fraction of sp³-hybridized carbons (Fsp3) is 0.647. The minimum Gasteiger partial charge on any atom is -0.379 e. The van der Waals surface area contributed by atoms with E-state index in [0.29, 0.717) is 0 Å². The van der Waals surface area contributed by atoms with Crippen LogP contribution in [0.2, 0.25) is 0 Å². The van der Waals surface area contributed by atoms with Crippen molar-refractivity contribution in [2.45, 2.75) is 18.1 Å². The average molecular weight is 380 g/mol. The molecule has 0 aromatic carbocycles. The number of nitrogens with zero attached hydrogens (tertiary/aromatic N) is 4. The highest BCUT2D eigenvalue weighted by Crippen LogP contribution is 2.38. The molecular formula is C17H25N5OS2. The van der Waals surface area contributed by atoms with Crippen molar-refractivity contribution in [3.05, 3.63) is 10.4 Å². The summed E-state index contributed by atoms with van der Waals surface area (Å²) in [5, 5.41) is 5.72. The van der Waals surface area contributed by atoms with E-state index in [2.05, 4.69) is 22.2 Å². The summed E-state index contributed by atoms with van der Waals surface area (Å²) in [7, 11) is 2.19. The maximum atomic E-state index is 5.42. The van der Waals surface area contributed by atoms with Gasteiger partial charge in [-0.25, -0.2) is 9.97 Å². The number of aromatic nitrogens is 2. The summed E-state index contributed by atoms with van der Waals surface area (Å²) >= 11 is 3.45. The van der Waals surface area contributed by atoms with E-state index in [-0.39, 0.29) is 0 Å². The van der Waals surface area contributed by atoms with Crippen LogP contribution < -0.4 is 5.32 Å². The van der Waals surface area contributed by atoms with Gasteiger partial charge in [0.1, 0.15) is 10.6 Å². The normalized spacial score (nSPS) is 19.3. The van der Waals surface area contributed by atoms with E-state index in [9.17, 15) is 0 Å². The quantitative estimate of drug-likeness (QED) is 0.631. The predicted molar refractivity (Wildman–Crippen MR) is 105 cm³/mol. The Morgan fingerprint density at radius 1 is 1.24 bits per heavy atom. The summed E-state index contributed by atoms with van der Waals surface area (Å²) < 4.78 is 5.42. The molecule has 1 saturated heterocycles. The van der Waals surface area contributed by atoms with Crippen LogP contribution in [0.15, 0.2) is 5.16 Å². The third-order valence-corrected chi connectivity index (χ3v) is 6.54. The standard InChI is InChI=1S/C17H25N5OS2/c1-21-5-3-12-13(11-21)25-16-14(12)15(19-17(20-16)24-2)18-4-6-22-7-9-23-10-8-22/h3-11H2,1-2H3,(H,18,19,20). The predicted octanol–water partition coefficient (Wildman–Crippen LogP) is 2.15. The molecule has 0 spiro atoms. The van der Waals surface area contributed by atoms with Crippen LogP contribution in [0.25, 0.3) is 10.2 Å². The Morgan fingerprint density at radius 3 is 2.88 bits per heavy atom. The Kier molecular flexibility index (Phi) is 5.42. The SMILES string of the molecule is CSc1nc(NCCN2CCOCC2)c2c3c(sc2n1)CN(C)CC3. The molecule has 0 unspecified atom stereocenters. The molecule has 8 heteroatoms. The highest BCUT2D eigenvalue weighted by atomic mass is 32.2. The van der Waals surface area contributed by atoms with E-state index in [1.165, 1.54) is 15.8 Å². The molecule has 2 aliphatic rings. The molecular weight excluding hydrogens is 354 g/mol. The van der Waals surface area contributed by atoms with Crippen molar-refractivity contribution in [3.8, 4) is 0 Å². The number of anilines is 1. The van der Waals surface area contributed by atoms with Crippen molar-refractivity contribution >= 4 is 39.1 Å². The smallest absolute Gasteiger partial charge is 0.190 e. The van der Waals surface area contributed by atoms with E-state index in [4.69, 9.17) is 14.7 Å². The van der Waals surface area contributed by atoms with Crippen molar-refractivity contribution in [1.29, 1.82) is 0 Å². The van der Waals surface area contributed by atoms with Gasteiger partial charge >= 0.3 is 0 Å². The molecule has 0 aliphatic carbocycles. The zero-order chi connectivity index (χ0) is 17.2. The molecule has 25 heavy (non-hydrogen) atoms. The van der Waals surface area contributed by atoms with Crippen LogP contribution in [0.1, 0.15) is 10.4 Å². The highest BCUT2D eigenvalue weighted by Gasteiger charge is 2.23. The minimum atomic E-state index is 0.847. The van der Waals surface area contributed by atoms with Gasteiger partial charge in [0.2, 0.25) is 0 Å². The molecule has 1 N–H and O–H groups in total. The number of nitrogens with one attached hydrogen (secondary N) is 1. The Hall–Kier alpha value is -0.930. The van der Waals surface area contributed by atoms with Crippen LogP contribution in [-0.4, -0.2) is 79.0 Å². The third-order valence-electron chi connectivity index (χ3n) is 4.88. The molecule has 0 atom stereocenters. The number of morpholine rings is 1. The van der Waals surface area contributed by atoms with Crippen LogP contribution in [-0.2, 0) is 17.7 Å². The van der Waals surface area contributed by atoms with Gasteiger partial charge in [-0.3, -0.25) is 4.90 Å². The van der Waals surface area contributed by atoms with Gasteiger partial charge < -0.3 is 15.0 Å². The number of thiophene rings is 1. The van der Waals surface area contributed by atoms with Gasteiger partial charge in [0, 0.05) is 44.1 Å². The second-order valence-electron chi connectivity index (χ2n) is 6.61. The monoisotopic (exact) mass is 379 g/mol. The summed E-state index contributed by atoms with van der Waals surface area (Å²) in [5.41, 5.74) is 1.46. The maximum absolute atomic E-state index is 5.42. The van der Waals surface area contributed by atoms with Crippen LogP contribution in [0, 0.1) is 0 Å². The number of hydrogen-bond acceptors (Lipinski definition) is 8. The van der Waals surface area contributed by atoms with Crippen LogP contribution in [0.4, 0.5) is 5.82 Å². The Bertz CT molecular complexity index is 744. The maximum Gasteiger partial charge on any atom is 0.190 e. The summed E-state index contributed by atoms with van der Waals surface area (Å²) in [6.07, 6.45) is 3.13. The van der Waals surface area contributed by atoms with Gasteiger partial charge in [-0.15, -0.1) is 11.3 Å². The average Bonchev–Trinajstić information content (AvgIpc) is 2.99. The van der Waals surface area contributed by atoms with Crippen molar-refractivity contribution in [2.75, 3.05) is 64.6 Å². The molecule has 2 aromatic heterocycles. The zero-order valence-electron chi connectivity index (χ0n) is 14.9. The number of ether oxygens (including phenoxy) is 1. The molecule has 1 fully saturated rings. The topological polar surface area (TPSA) is 53.5 Å². The second kappa shape index (κ2) is 7.75. The van der Waals surface area contributed by atoms with Crippen LogP contribution >= 0.6 is 23.1 Å². The van der Waals surface area contributed by atoms with Crippen molar-refractivity contribution in [1.82, 2.24) is 19.8 Å². The fourth-order valence-corrected chi connectivity index (χ4v) is 5.20.